The molecule has 8 heteroatoms. The van der Waals surface area contributed by atoms with Crippen molar-refractivity contribution in [2.45, 2.75) is 31.5 Å². The van der Waals surface area contributed by atoms with Crippen molar-refractivity contribution in [3.05, 3.63) is 34.9 Å². The van der Waals surface area contributed by atoms with Gasteiger partial charge >= 0.3 is 12.1 Å². The Labute approximate surface area is 129 Å². The second-order valence-electron chi connectivity index (χ2n) is 4.56. The van der Waals surface area contributed by atoms with Gasteiger partial charge in [-0.2, -0.15) is 13.2 Å². The minimum absolute atomic E-state index is 0.00678. The largest absolute Gasteiger partial charge is 0.466 e. The van der Waals surface area contributed by atoms with Gasteiger partial charge in [0.1, 0.15) is 12.2 Å². The highest BCUT2D eigenvalue weighted by Crippen LogP contribution is 2.42. The number of halogens is 4. The molecule has 0 aliphatic rings. The van der Waals surface area contributed by atoms with Crippen molar-refractivity contribution < 1.29 is 32.6 Å². The lowest BCUT2D eigenvalue weighted by Gasteiger charge is -2.30. The van der Waals surface area contributed by atoms with Crippen LogP contribution in [-0.2, 0) is 19.9 Å². The van der Waals surface area contributed by atoms with E-state index in [-0.39, 0.29) is 11.6 Å². The molecule has 122 valence electrons. The van der Waals surface area contributed by atoms with Crippen LogP contribution in [0.2, 0.25) is 5.02 Å². The van der Waals surface area contributed by atoms with E-state index in [1.807, 2.05) is 0 Å². The van der Waals surface area contributed by atoms with Crippen LogP contribution in [0.1, 0.15) is 25.3 Å². The van der Waals surface area contributed by atoms with Crippen molar-refractivity contribution in [1.82, 2.24) is 0 Å². The van der Waals surface area contributed by atoms with Crippen LogP contribution in [0.4, 0.5) is 13.2 Å². The third-order valence-corrected chi connectivity index (χ3v) is 3.14. The van der Waals surface area contributed by atoms with Crippen molar-refractivity contribution in [3.63, 3.8) is 0 Å². The first-order valence-corrected chi connectivity index (χ1v) is 6.70. The van der Waals surface area contributed by atoms with E-state index in [9.17, 15) is 27.9 Å². The molecule has 0 aliphatic heterocycles. The maximum Gasteiger partial charge on any atom is 0.421 e. The normalized spacial score (nSPS) is 14.3. The van der Waals surface area contributed by atoms with Crippen molar-refractivity contribution >= 4 is 23.4 Å². The minimum atomic E-state index is -5.09. The summed E-state index contributed by atoms with van der Waals surface area (Å²) in [5.74, 6) is -2.01. The molecule has 0 radical (unpaired) electrons. The maximum atomic E-state index is 13.2. The predicted molar refractivity (Wildman–Crippen MR) is 72.3 cm³/mol. The van der Waals surface area contributed by atoms with Crippen molar-refractivity contribution in [2.24, 2.45) is 0 Å². The van der Waals surface area contributed by atoms with Crippen molar-refractivity contribution in [3.8, 4) is 0 Å². The molecule has 1 atom stereocenters. The monoisotopic (exact) mass is 338 g/mol. The van der Waals surface area contributed by atoms with E-state index in [1.54, 1.807) is 0 Å². The number of esters is 1. The zero-order chi connectivity index (χ0) is 17.0. The van der Waals surface area contributed by atoms with Crippen LogP contribution in [0.15, 0.2) is 24.3 Å². The fourth-order valence-corrected chi connectivity index (χ4v) is 1.94. The van der Waals surface area contributed by atoms with E-state index in [4.69, 9.17) is 11.6 Å². The van der Waals surface area contributed by atoms with Crippen LogP contribution in [0.25, 0.3) is 0 Å². The number of rotatable bonds is 6. The molecule has 0 aliphatic carbocycles. The summed E-state index contributed by atoms with van der Waals surface area (Å²) >= 11 is 5.59. The summed E-state index contributed by atoms with van der Waals surface area (Å²) in [7, 11) is 0. The second kappa shape index (κ2) is 7.11. The number of carbonyl (C=O) groups is 2. The van der Waals surface area contributed by atoms with Gasteiger partial charge in [-0.1, -0.05) is 23.7 Å². The van der Waals surface area contributed by atoms with Crippen LogP contribution in [0.5, 0.6) is 0 Å². The number of hydrogen-bond donors (Lipinski definition) is 1. The summed E-state index contributed by atoms with van der Waals surface area (Å²) in [5.41, 5.74) is -3.91. The van der Waals surface area contributed by atoms with Crippen molar-refractivity contribution in [1.29, 1.82) is 0 Å². The van der Waals surface area contributed by atoms with Gasteiger partial charge in [0, 0.05) is 11.4 Å². The molecule has 0 aromatic heterocycles. The van der Waals surface area contributed by atoms with Crippen LogP contribution < -0.4 is 0 Å². The van der Waals surface area contributed by atoms with Gasteiger partial charge in [0.2, 0.25) is 0 Å². The number of alkyl halides is 3. The summed E-state index contributed by atoms with van der Waals surface area (Å²) in [6.45, 7) is 1.51. The first kappa shape index (κ1) is 18.4. The molecule has 0 spiro atoms. The van der Waals surface area contributed by atoms with Gasteiger partial charge in [-0.3, -0.25) is 9.59 Å². The Bertz CT molecular complexity index is 542. The molecule has 1 aromatic carbocycles. The summed E-state index contributed by atoms with van der Waals surface area (Å²) in [6.07, 6.45) is -7.21. The highest BCUT2D eigenvalue weighted by atomic mass is 35.5. The van der Waals surface area contributed by atoms with Gasteiger partial charge in [-0.25, -0.2) is 0 Å². The fraction of sp³-hybridized carbons (Fsp3) is 0.429. The summed E-state index contributed by atoms with van der Waals surface area (Å²) in [4.78, 5) is 22.8. The van der Waals surface area contributed by atoms with Gasteiger partial charge < -0.3 is 9.84 Å². The van der Waals surface area contributed by atoms with Crippen LogP contribution in [-0.4, -0.2) is 29.6 Å². The molecule has 0 bridgehead atoms. The average molecular weight is 339 g/mol. The van der Waals surface area contributed by atoms with Crippen molar-refractivity contribution in [2.75, 3.05) is 6.61 Å². The standard InChI is InChI=1S/C14H14ClF3O4/c1-2-22-12(20)7-11(19)8-13(21,14(16,17)18)9-3-5-10(15)6-4-9/h3-6,21H,2,7-8H2,1H3/t13-/m0/s1. The zero-order valence-corrected chi connectivity index (χ0v) is 12.4. The number of ketones is 1. The summed E-state index contributed by atoms with van der Waals surface area (Å²) < 4.78 is 44.0. The van der Waals surface area contributed by atoms with Crippen LogP contribution in [0, 0.1) is 0 Å². The Morgan fingerprint density at radius 3 is 2.23 bits per heavy atom. The molecule has 0 fully saturated rings. The Balaban J connectivity index is 3.01. The van der Waals surface area contributed by atoms with Gasteiger partial charge in [0.15, 0.2) is 5.60 Å². The average Bonchev–Trinajstić information content (AvgIpc) is 2.37. The Kier molecular flexibility index (Phi) is 5.96. The van der Waals surface area contributed by atoms with Crippen LogP contribution >= 0.6 is 11.6 Å². The lowest BCUT2D eigenvalue weighted by molar-refractivity contribution is -0.267. The predicted octanol–water partition coefficient (Wildman–Crippen LogP) is 3.00. The van der Waals surface area contributed by atoms with Gasteiger partial charge in [0.05, 0.1) is 6.61 Å². The number of aliphatic hydroxyl groups is 1. The number of carbonyl (C=O) groups excluding carboxylic acids is 2. The smallest absolute Gasteiger partial charge is 0.421 e. The molecule has 0 saturated heterocycles. The van der Waals surface area contributed by atoms with E-state index in [1.165, 1.54) is 19.1 Å². The number of ether oxygens (including phenoxy) is 1. The molecule has 1 aromatic rings. The second-order valence-corrected chi connectivity index (χ2v) is 5.00. The summed E-state index contributed by atoms with van der Waals surface area (Å²) in [5, 5.41) is 10.2. The first-order valence-electron chi connectivity index (χ1n) is 6.32. The molecular weight excluding hydrogens is 325 g/mol. The zero-order valence-electron chi connectivity index (χ0n) is 11.6. The molecule has 1 rings (SSSR count). The van der Waals surface area contributed by atoms with Gasteiger partial charge in [-0.05, 0) is 24.6 Å². The number of Topliss-reactive ketones (excluding diaryl/α,β-unsaturated/α-hetero) is 1. The number of hydrogen-bond acceptors (Lipinski definition) is 4. The molecule has 0 unspecified atom stereocenters. The Morgan fingerprint density at radius 2 is 1.77 bits per heavy atom. The highest BCUT2D eigenvalue weighted by Gasteiger charge is 2.55. The third kappa shape index (κ3) is 4.45. The Morgan fingerprint density at radius 1 is 1.23 bits per heavy atom. The molecular formula is C14H14ClF3O4. The number of benzene rings is 1. The third-order valence-electron chi connectivity index (χ3n) is 2.89. The molecule has 1 N–H and O–H groups in total. The highest BCUT2D eigenvalue weighted by molar-refractivity contribution is 6.30. The van der Waals surface area contributed by atoms with Crippen LogP contribution in [0.3, 0.4) is 0 Å². The molecule has 0 amide bonds. The van der Waals surface area contributed by atoms with E-state index >= 15 is 0 Å². The maximum absolute atomic E-state index is 13.2. The minimum Gasteiger partial charge on any atom is -0.466 e. The van der Waals surface area contributed by atoms with E-state index in [0.29, 0.717) is 0 Å². The SMILES string of the molecule is CCOC(=O)CC(=O)C[C@](O)(c1ccc(Cl)cc1)C(F)(F)F. The summed E-state index contributed by atoms with van der Waals surface area (Å²) in [6, 6.07) is 4.30. The quantitative estimate of drug-likeness (QED) is 0.639. The van der Waals surface area contributed by atoms with Gasteiger partial charge in [-0.15, -0.1) is 0 Å². The lowest BCUT2D eigenvalue weighted by Crippen LogP contribution is -2.44. The lowest BCUT2D eigenvalue weighted by atomic mass is 9.87. The molecule has 0 heterocycles. The Hall–Kier alpha value is -1.60. The molecule has 22 heavy (non-hydrogen) atoms. The van der Waals surface area contributed by atoms with E-state index < -0.39 is 41.9 Å². The molecule has 4 nitrogen and oxygen atoms in total. The van der Waals surface area contributed by atoms with E-state index in [2.05, 4.69) is 4.74 Å². The first-order chi connectivity index (χ1) is 10.1. The molecule has 0 saturated carbocycles. The topological polar surface area (TPSA) is 63.6 Å². The van der Waals surface area contributed by atoms with Gasteiger partial charge in [0.25, 0.3) is 0 Å². The fourth-order valence-electron chi connectivity index (χ4n) is 1.81. The van der Waals surface area contributed by atoms with E-state index in [0.717, 1.165) is 12.1 Å².